The van der Waals surface area contributed by atoms with Crippen molar-refractivity contribution in [1.29, 1.82) is 0 Å². The highest BCUT2D eigenvalue weighted by atomic mass is 32.1. The molecular formula is C16H14F2N4O3S. The van der Waals surface area contributed by atoms with E-state index in [0.717, 1.165) is 28.0 Å². The van der Waals surface area contributed by atoms with E-state index < -0.39 is 23.1 Å². The monoisotopic (exact) mass is 380 g/mol. The number of benzene rings is 1. The maximum atomic E-state index is 14.0. The summed E-state index contributed by atoms with van der Waals surface area (Å²) in [7, 11) is 0. The molecule has 2 aromatic heterocycles. The Hall–Kier alpha value is -2.88. The SMILES string of the molecule is CCn1c(=O)cc(C)n(Cc2nnc(-c3ccc(F)c(O)c3F)s2)c1=O. The molecule has 0 aliphatic rings. The fourth-order valence-electron chi connectivity index (χ4n) is 2.48. The lowest BCUT2D eigenvalue weighted by atomic mass is 10.2. The normalized spacial score (nSPS) is 11.1. The van der Waals surface area contributed by atoms with Crippen LogP contribution in [0.25, 0.3) is 10.6 Å². The number of aromatic hydroxyl groups is 1. The molecule has 0 aliphatic heterocycles. The van der Waals surface area contributed by atoms with E-state index in [1.54, 1.807) is 13.8 Å². The Bertz CT molecular complexity index is 1100. The van der Waals surface area contributed by atoms with Gasteiger partial charge in [0.2, 0.25) is 0 Å². The highest BCUT2D eigenvalue weighted by Gasteiger charge is 2.18. The molecule has 7 nitrogen and oxygen atoms in total. The van der Waals surface area contributed by atoms with Crippen molar-refractivity contribution in [3.8, 4) is 16.3 Å². The summed E-state index contributed by atoms with van der Waals surface area (Å²) in [5, 5.41) is 17.7. The molecule has 10 heteroatoms. The van der Waals surface area contributed by atoms with Gasteiger partial charge >= 0.3 is 5.69 Å². The third-order valence-corrected chi connectivity index (χ3v) is 4.80. The smallest absolute Gasteiger partial charge is 0.331 e. The molecule has 0 radical (unpaired) electrons. The largest absolute Gasteiger partial charge is 0.503 e. The number of phenols is 1. The molecule has 1 aromatic carbocycles. The van der Waals surface area contributed by atoms with Crippen molar-refractivity contribution in [2.45, 2.75) is 26.9 Å². The summed E-state index contributed by atoms with van der Waals surface area (Å²) in [5.74, 6) is -3.28. The van der Waals surface area contributed by atoms with Crippen molar-refractivity contribution in [3.05, 3.63) is 61.4 Å². The van der Waals surface area contributed by atoms with Gasteiger partial charge in [0.1, 0.15) is 5.01 Å². The predicted octanol–water partition coefficient (Wildman–Crippen LogP) is 1.89. The average Bonchev–Trinajstić information content (AvgIpc) is 3.05. The molecule has 0 fully saturated rings. The van der Waals surface area contributed by atoms with E-state index in [-0.39, 0.29) is 29.2 Å². The molecule has 0 aliphatic carbocycles. The predicted molar refractivity (Wildman–Crippen MR) is 91.4 cm³/mol. The fraction of sp³-hybridized carbons (Fsp3) is 0.250. The van der Waals surface area contributed by atoms with E-state index in [9.17, 15) is 23.5 Å². The van der Waals surface area contributed by atoms with Crippen LogP contribution in [0.4, 0.5) is 8.78 Å². The lowest BCUT2D eigenvalue weighted by Gasteiger charge is -2.10. The van der Waals surface area contributed by atoms with Crippen LogP contribution in [0.15, 0.2) is 27.8 Å². The summed E-state index contributed by atoms with van der Waals surface area (Å²) in [4.78, 5) is 24.2. The van der Waals surface area contributed by atoms with Crippen molar-refractivity contribution < 1.29 is 13.9 Å². The molecule has 3 rings (SSSR count). The van der Waals surface area contributed by atoms with E-state index in [2.05, 4.69) is 10.2 Å². The van der Waals surface area contributed by atoms with Crippen LogP contribution in [0.2, 0.25) is 0 Å². The highest BCUT2D eigenvalue weighted by Crippen LogP contribution is 2.32. The molecule has 0 spiro atoms. The highest BCUT2D eigenvalue weighted by molar-refractivity contribution is 7.14. The Morgan fingerprint density at radius 3 is 2.62 bits per heavy atom. The van der Waals surface area contributed by atoms with Crippen molar-refractivity contribution in [1.82, 2.24) is 19.3 Å². The van der Waals surface area contributed by atoms with E-state index in [4.69, 9.17) is 0 Å². The van der Waals surface area contributed by atoms with Gasteiger partial charge in [0, 0.05) is 18.3 Å². The standard InChI is InChI=1S/C16H14F2N4O3S/c1-3-21-12(23)6-8(2)22(16(21)25)7-11-19-20-15(26-11)9-4-5-10(17)14(24)13(9)18/h4-6,24H,3,7H2,1-2H3. The minimum absolute atomic E-state index is 0.0530. The third-order valence-electron chi connectivity index (χ3n) is 3.86. The fourth-order valence-corrected chi connectivity index (χ4v) is 3.32. The number of phenolic OH excluding ortho intramolecular Hbond substituents is 1. The summed E-state index contributed by atoms with van der Waals surface area (Å²) in [6.07, 6.45) is 0. The molecule has 0 saturated heterocycles. The molecular weight excluding hydrogens is 366 g/mol. The lowest BCUT2D eigenvalue weighted by Crippen LogP contribution is -2.40. The molecule has 2 heterocycles. The summed E-state index contributed by atoms with van der Waals surface area (Å²) < 4.78 is 29.6. The van der Waals surface area contributed by atoms with Gasteiger partial charge in [0.25, 0.3) is 5.56 Å². The summed E-state index contributed by atoms with van der Waals surface area (Å²) >= 11 is 1.00. The minimum atomic E-state index is -1.12. The second-order valence-electron chi connectivity index (χ2n) is 5.50. The number of nitrogens with zero attached hydrogens (tertiary/aromatic N) is 4. The zero-order chi connectivity index (χ0) is 19.0. The molecule has 136 valence electrons. The molecule has 3 aromatic rings. The van der Waals surface area contributed by atoms with Crippen LogP contribution in [0.5, 0.6) is 5.75 Å². The first-order valence-corrected chi connectivity index (χ1v) is 8.46. The molecule has 0 unspecified atom stereocenters. The Morgan fingerprint density at radius 2 is 1.92 bits per heavy atom. The van der Waals surface area contributed by atoms with Gasteiger partial charge in [-0.1, -0.05) is 11.3 Å². The molecule has 0 bridgehead atoms. The van der Waals surface area contributed by atoms with Crippen LogP contribution in [-0.4, -0.2) is 24.4 Å². The molecule has 0 amide bonds. The topological polar surface area (TPSA) is 90.0 Å². The Kier molecular flexibility index (Phi) is 4.68. The molecule has 0 atom stereocenters. The van der Waals surface area contributed by atoms with Crippen LogP contribution in [-0.2, 0) is 13.1 Å². The van der Waals surface area contributed by atoms with Gasteiger partial charge in [-0.15, -0.1) is 10.2 Å². The lowest BCUT2D eigenvalue weighted by molar-refractivity contribution is 0.397. The molecule has 1 N–H and O–H groups in total. The van der Waals surface area contributed by atoms with E-state index >= 15 is 0 Å². The Balaban J connectivity index is 1.99. The van der Waals surface area contributed by atoms with Crippen molar-refractivity contribution in [2.24, 2.45) is 0 Å². The third kappa shape index (κ3) is 3.03. The first kappa shape index (κ1) is 17.9. The van der Waals surface area contributed by atoms with Crippen LogP contribution in [0.1, 0.15) is 17.6 Å². The van der Waals surface area contributed by atoms with Crippen LogP contribution < -0.4 is 11.2 Å². The van der Waals surface area contributed by atoms with Gasteiger partial charge in [0.15, 0.2) is 22.4 Å². The zero-order valence-corrected chi connectivity index (χ0v) is 14.7. The quantitative estimate of drug-likeness (QED) is 0.747. The van der Waals surface area contributed by atoms with Gasteiger partial charge in [-0.25, -0.2) is 13.6 Å². The number of hydrogen-bond donors (Lipinski definition) is 1. The summed E-state index contributed by atoms with van der Waals surface area (Å²) in [6, 6.07) is 3.44. The molecule has 0 saturated carbocycles. The van der Waals surface area contributed by atoms with Gasteiger partial charge in [-0.05, 0) is 26.0 Å². The number of aromatic nitrogens is 4. The maximum Gasteiger partial charge on any atom is 0.331 e. The summed E-state index contributed by atoms with van der Waals surface area (Å²) in [6.45, 7) is 3.61. The number of hydrogen-bond acceptors (Lipinski definition) is 6. The van der Waals surface area contributed by atoms with Crippen molar-refractivity contribution in [2.75, 3.05) is 0 Å². The van der Waals surface area contributed by atoms with Crippen LogP contribution in [0, 0.1) is 18.6 Å². The Morgan fingerprint density at radius 1 is 1.19 bits per heavy atom. The average molecular weight is 380 g/mol. The summed E-state index contributed by atoms with van der Waals surface area (Å²) in [5.41, 5.74) is -0.477. The van der Waals surface area contributed by atoms with Crippen molar-refractivity contribution >= 4 is 11.3 Å². The van der Waals surface area contributed by atoms with E-state index in [0.29, 0.717) is 10.7 Å². The minimum Gasteiger partial charge on any atom is -0.503 e. The second kappa shape index (κ2) is 6.79. The van der Waals surface area contributed by atoms with E-state index in [1.807, 2.05) is 0 Å². The van der Waals surface area contributed by atoms with Crippen LogP contribution in [0.3, 0.4) is 0 Å². The first-order valence-electron chi connectivity index (χ1n) is 7.64. The van der Waals surface area contributed by atoms with Gasteiger partial charge in [0.05, 0.1) is 12.1 Å². The van der Waals surface area contributed by atoms with Gasteiger partial charge < -0.3 is 5.11 Å². The van der Waals surface area contributed by atoms with Gasteiger partial charge in [-0.2, -0.15) is 0 Å². The second-order valence-corrected chi connectivity index (χ2v) is 6.56. The van der Waals surface area contributed by atoms with Gasteiger partial charge in [-0.3, -0.25) is 13.9 Å². The molecule has 26 heavy (non-hydrogen) atoms. The Labute approximate surface area is 149 Å². The number of rotatable bonds is 4. The van der Waals surface area contributed by atoms with Crippen molar-refractivity contribution in [3.63, 3.8) is 0 Å². The number of aryl methyl sites for hydroxylation is 1. The zero-order valence-electron chi connectivity index (χ0n) is 13.9. The number of halogens is 2. The van der Waals surface area contributed by atoms with E-state index in [1.165, 1.54) is 10.6 Å². The first-order chi connectivity index (χ1) is 12.3. The van der Waals surface area contributed by atoms with Crippen LogP contribution >= 0.6 is 11.3 Å². The maximum absolute atomic E-state index is 14.0.